The molecule has 0 aromatic carbocycles. The van der Waals surface area contributed by atoms with Crippen molar-refractivity contribution in [2.24, 2.45) is 0 Å². The summed E-state index contributed by atoms with van der Waals surface area (Å²) in [7, 11) is 1.38. The maximum absolute atomic E-state index is 11.2. The van der Waals surface area contributed by atoms with Gasteiger partial charge >= 0.3 is 6.09 Å². The molecule has 76 valence electrons. The maximum Gasteiger partial charge on any atom is 0.409 e. The first-order valence-electron chi connectivity index (χ1n) is 4.49. The van der Waals surface area contributed by atoms with Crippen LogP contribution in [-0.2, 0) is 17.7 Å². The summed E-state index contributed by atoms with van der Waals surface area (Å²) in [5.74, 6) is 0.777. The summed E-state index contributed by atoms with van der Waals surface area (Å²) in [5.41, 5.74) is 2.05. The van der Waals surface area contributed by atoms with Crippen LogP contribution in [0.3, 0.4) is 0 Å². The lowest BCUT2D eigenvalue weighted by Gasteiger charge is -2.23. The second-order valence-corrected chi connectivity index (χ2v) is 3.31. The molecule has 2 rings (SSSR count). The van der Waals surface area contributed by atoms with E-state index in [1.165, 1.54) is 7.11 Å². The highest BCUT2D eigenvalue weighted by atomic mass is 16.5. The molecular formula is C9H12N2O3. The summed E-state index contributed by atoms with van der Waals surface area (Å²) < 4.78 is 9.75. The molecule has 0 spiro atoms. The van der Waals surface area contributed by atoms with Crippen molar-refractivity contribution in [3.8, 4) is 0 Å². The van der Waals surface area contributed by atoms with Gasteiger partial charge in [0.25, 0.3) is 0 Å². The summed E-state index contributed by atoms with van der Waals surface area (Å²) in [4.78, 5) is 12.8. The van der Waals surface area contributed by atoms with Gasteiger partial charge in [-0.25, -0.2) is 4.79 Å². The van der Waals surface area contributed by atoms with E-state index in [1.54, 1.807) is 4.90 Å². The van der Waals surface area contributed by atoms with Gasteiger partial charge in [-0.15, -0.1) is 0 Å². The molecule has 1 aromatic heterocycles. The van der Waals surface area contributed by atoms with Crippen LogP contribution in [0.2, 0.25) is 0 Å². The van der Waals surface area contributed by atoms with Crippen molar-refractivity contribution < 1.29 is 14.1 Å². The fourth-order valence-electron chi connectivity index (χ4n) is 1.66. The molecule has 5 heteroatoms. The van der Waals surface area contributed by atoms with Crippen molar-refractivity contribution >= 4 is 6.09 Å². The number of aryl methyl sites for hydroxylation is 1. The summed E-state index contributed by atoms with van der Waals surface area (Å²) in [5, 5.41) is 3.86. The van der Waals surface area contributed by atoms with Gasteiger partial charge in [0, 0.05) is 12.1 Å². The fourth-order valence-corrected chi connectivity index (χ4v) is 1.66. The van der Waals surface area contributed by atoms with Crippen LogP contribution in [-0.4, -0.2) is 29.8 Å². The molecule has 0 atom stereocenters. The van der Waals surface area contributed by atoms with Crippen LogP contribution in [0, 0.1) is 6.92 Å². The molecule has 0 saturated carbocycles. The Morgan fingerprint density at radius 2 is 2.43 bits per heavy atom. The van der Waals surface area contributed by atoms with Gasteiger partial charge < -0.3 is 14.2 Å². The Balaban J connectivity index is 2.18. The normalized spacial score (nSPS) is 15.1. The molecule has 0 bridgehead atoms. The third-order valence-corrected chi connectivity index (χ3v) is 2.47. The van der Waals surface area contributed by atoms with Crippen LogP contribution >= 0.6 is 0 Å². The van der Waals surface area contributed by atoms with Gasteiger partial charge in [-0.3, -0.25) is 0 Å². The standard InChI is InChI=1S/C9H12N2O3/c1-6-7-3-4-11(9(12)13-2)5-8(7)14-10-6/h3-5H2,1-2H3. The van der Waals surface area contributed by atoms with E-state index in [4.69, 9.17) is 4.52 Å². The third kappa shape index (κ3) is 1.34. The number of aromatic nitrogens is 1. The van der Waals surface area contributed by atoms with Gasteiger partial charge in [-0.2, -0.15) is 0 Å². The molecule has 1 aliphatic heterocycles. The molecule has 1 amide bonds. The minimum atomic E-state index is -0.315. The van der Waals surface area contributed by atoms with Crippen LogP contribution in [0.4, 0.5) is 4.79 Å². The number of ether oxygens (including phenoxy) is 1. The smallest absolute Gasteiger partial charge is 0.409 e. The molecule has 1 aromatic rings. The number of fused-ring (bicyclic) bond motifs is 1. The van der Waals surface area contributed by atoms with E-state index < -0.39 is 0 Å². The molecule has 0 radical (unpaired) electrons. The Morgan fingerprint density at radius 3 is 3.14 bits per heavy atom. The number of carbonyl (C=O) groups excluding carboxylic acids is 1. The zero-order valence-electron chi connectivity index (χ0n) is 8.24. The summed E-state index contributed by atoms with van der Waals surface area (Å²) in [6.45, 7) is 3.04. The second kappa shape index (κ2) is 3.32. The van der Waals surface area contributed by atoms with Crippen LogP contribution in [0.25, 0.3) is 0 Å². The topological polar surface area (TPSA) is 55.6 Å². The Kier molecular flexibility index (Phi) is 2.15. The zero-order chi connectivity index (χ0) is 10.1. The third-order valence-electron chi connectivity index (χ3n) is 2.47. The lowest BCUT2D eigenvalue weighted by Crippen LogP contribution is -2.35. The van der Waals surface area contributed by atoms with E-state index in [9.17, 15) is 4.79 Å². The monoisotopic (exact) mass is 196 g/mol. The maximum atomic E-state index is 11.2. The van der Waals surface area contributed by atoms with Gasteiger partial charge in [-0.1, -0.05) is 5.16 Å². The molecular weight excluding hydrogens is 184 g/mol. The van der Waals surface area contributed by atoms with E-state index in [2.05, 4.69) is 9.89 Å². The van der Waals surface area contributed by atoms with Gasteiger partial charge in [0.2, 0.25) is 0 Å². The van der Waals surface area contributed by atoms with Gasteiger partial charge in [-0.05, 0) is 13.3 Å². The Labute approximate surface area is 81.6 Å². The van der Waals surface area contributed by atoms with Crippen molar-refractivity contribution in [1.82, 2.24) is 10.1 Å². The summed E-state index contributed by atoms with van der Waals surface area (Å²) in [6, 6.07) is 0. The number of hydrogen-bond donors (Lipinski definition) is 0. The van der Waals surface area contributed by atoms with Crippen molar-refractivity contribution in [3.05, 3.63) is 17.0 Å². The van der Waals surface area contributed by atoms with E-state index in [1.807, 2.05) is 6.92 Å². The first kappa shape index (κ1) is 9.05. The molecule has 0 aliphatic carbocycles. The number of nitrogens with zero attached hydrogens (tertiary/aromatic N) is 2. The number of hydrogen-bond acceptors (Lipinski definition) is 4. The lowest BCUT2D eigenvalue weighted by atomic mass is 10.1. The van der Waals surface area contributed by atoms with Crippen LogP contribution in [0.1, 0.15) is 17.0 Å². The average molecular weight is 196 g/mol. The largest absolute Gasteiger partial charge is 0.453 e. The highest BCUT2D eigenvalue weighted by Crippen LogP contribution is 2.21. The number of carbonyl (C=O) groups is 1. The summed E-state index contributed by atoms with van der Waals surface area (Å²) >= 11 is 0. The number of methoxy groups -OCH3 is 1. The van der Waals surface area contributed by atoms with Crippen LogP contribution < -0.4 is 0 Å². The van der Waals surface area contributed by atoms with Crippen molar-refractivity contribution in [2.45, 2.75) is 19.9 Å². The first-order valence-corrected chi connectivity index (χ1v) is 4.49. The van der Waals surface area contributed by atoms with Gasteiger partial charge in [0.05, 0.1) is 19.3 Å². The van der Waals surface area contributed by atoms with E-state index in [0.717, 1.165) is 23.4 Å². The van der Waals surface area contributed by atoms with Gasteiger partial charge in [0.15, 0.2) is 5.76 Å². The molecule has 1 aliphatic rings. The molecule has 0 saturated heterocycles. The number of rotatable bonds is 0. The highest BCUT2D eigenvalue weighted by Gasteiger charge is 2.25. The minimum Gasteiger partial charge on any atom is -0.453 e. The average Bonchev–Trinajstić information content (AvgIpc) is 2.59. The zero-order valence-corrected chi connectivity index (χ0v) is 8.24. The lowest BCUT2D eigenvalue weighted by molar-refractivity contribution is 0.113. The fraction of sp³-hybridized carbons (Fsp3) is 0.556. The first-order chi connectivity index (χ1) is 6.72. The van der Waals surface area contributed by atoms with E-state index in [-0.39, 0.29) is 6.09 Å². The highest BCUT2D eigenvalue weighted by molar-refractivity contribution is 5.67. The minimum absolute atomic E-state index is 0.315. The Bertz CT molecular complexity index is 359. The molecule has 5 nitrogen and oxygen atoms in total. The molecule has 2 heterocycles. The summed E-state index contributed by atoms with van der Waals surface area (Å²) in [6.07, 6.45) is 0.476. The second-order valence-electron chi connectivity index (χ2n) is 3.31. The molecule has 0 unspecified atom stereocenters. The van der Waals surface area contributed by atoms with Crippen molar-refractivity contribution in [1.29, 1.82) is 0 Å². The molecule has 14 heavy (non-hydrogen) atoms. The SMILES string of the molecule is COC(=O)N1CCc2c(C)noc2C1. The van der Waals surface area contributed by atoms with Crippen molar-refractivity contribution in [3.63, 3.8) is 0 Å². The number of amides is 1. The molecule has 0 N–H and O–H groups in total. The van der Waals surface area contributed by atoms with Crippen LogP contribution in [0.5, 0.6) is 0 Å². The predicted octanol–water partition coefficient (Wildman–Crippen LogP) is 1.11. The predicted molar refractivity (Wildman–Crippen MR) is 47.8 cm³/mol. The van der Waals surface area contributed by atoms with Crippen molar-refractivity contribution in [2.75, 3.05) is 13.7 Å². The van der Waals surface area contributed by atoms with E-state index >= 15 is 0 Å². The Hall–Kier alpha value is -1.52. The van der Waals surface area contributed by atoms with Gasteiger partial charge in [0.1, 0.15) is 0 Å². The quantitative estimate of drug-likeness (QED) is 0.623. The van der Waals surface area contributed by atoms with Crippen LogP contribution in [0.15, 0.2) is 4.52 Å². The molecule has 0 fully saturated rings. The van der Waals surface area contributed by atoms with E-state index in [0.29, 0.717) is 13.1 Å². The Morgan fingerprint density at radius 1 is 1.64 bits per heavy atom.